The van der Waals surface area contributed by atoms with E-state index in [9.17, 15) is 32.9 Å². The van der Waals surface area contributed by atoms with Crippen molar-refractivity contribution in [2.24, 2.45) is 0 Å². The number of ether oxygens (including phenoxy) is 2. The first kappa shape index (κ1) is 20.6. The van der Waals surface area contributed by atoms with E-state index in [1.807, 2.05) is 0 Å². The molecule has 0 aliphatic rings. The Kier molecular flexibility index (Phi) is 6.15. The van der Waals surface area contributed by atoms with Crippen molar-refractivity contribution in [1.82, 2.24) is 0 Å². The molecule has 12 heteroatoms. The standard InChI is InChI=1S/C16H11F3N2O7/c17-16(18,19)27-8-10-7-9(14(22)23)1-6-13(10)20-15(24)28-12-4-2-11(3-5-12)21(25)26/h1-7H,8H2,(H,20,24)(H,22,23). The van der Waals surface area contributed by atoms with E-state index in [1.165, 1.54) is 0 Å². The van der Waals surface area contributed by atoms with Gasteiger partial charge in [-0.3, -0.25) is 20.2 Å². The molecule has 2 aromatic carbocycles. The van der Waals surface area contributed by atoms with Crippen molar-refractivity contribution in [1.29, 1.82) is 0 Å². The summed E-state index contributed by atoms with van der Waals surface area (Å²) in [6, 6.07) is 7.55. The Labute approximate surface area is 154 Å². The second kappa shape index (κ2) is 8.35. The molecule has 148 valence electrons. The van der Waals surface area contributed by atoms with E-state index in [0.29, 0.717) is 0 Å². The highest BCUT2D eigenvalue weighted by Crippen LogP contribution is 2.25. The second-order valence-electron chi connectivity index (χ2n) is 5.18. The number of non-ortho nitro benzene ring substituents is 1. The van der Waals surface area contributed by atoms with Crippen molar-refractivity contribution in [3.63, 3.8) is 0 Å². The SMILES string of the molecule is O=C(Nc1ccc(C(=O)O)cc1COC(F)(F)F)Oc1ccc([N+](=O)[O-])cc1. The smallest absolute Gasteiger partial charge is 0.478 e. The molecule has 0 aliphatic carbocycles. The van der Waals surface area contributed by atoms with Gasteiger partial charge in [0.2, 0.25) is 0 Å². The number of nitro groups is 1. The van der Waals surface area contributed by atoms with Crippen molar-refractivity contribution in [2.75, 3.05) is 5.32 Å². The number of alkyl halides is 3. The van der Waals surface area contributed by atoms with Gasteiger partial charge in [0.05, 0.1) is 17.1 Å². The zero-order chi connectivity index (χ0) is 20.9. The Morgan fingerprint density at radius 1 is 1.14 bits per heavy atom. The van der Waals surface area contributed by atoms with Crippen molar-refractivity contribution >= 4 is 23.4 Å². The third-order valence-corrected chi connectivity index (χ3v) is 3.24. The number of aromatic carboxylic acids is 1. The Balaban J connectivity index is 2.15. The molecule has 0 aromatic heterocycles. The van der Waals surface area contributed by atoms with Crippen LogP contribution in [0.25, 0.3) is 0 Å². The number of hydrogen-bond donors (Lipinski definition) is 2. The number of anilines is 1. The summed E-state index contributed by atoms with van der Waals surface area (Å²) in [6.07, 6.45) is -6.07. The molecule has 0 fully saturated rings. The molecule has 0 radical (unpaired) electrons. The molecule has 0 aliphatic heterocycles. The summed E-state index contributed by atoms with van der Waals surface area (Å²) in [6.45, 7) is -1.04. The Bertz CT molecular complexity index is 898. The summed E-state index contributed by atoms with van der Waals surface area (Å²) >= 11 is 0. The van der Waals surface area contributed by atoms with Crippen LogP contribution in [0.3, 0.4) is 0 Å². The third-order valence-electron chi connectivity index (χ3n) is 3.24. The molecule has 0 saturated carbocycles. The van der Waals surface area contributed by atoms with Gasteiger partial charge in [0.15, 0.2) is 0 Å². The largest absolute Gasteiger partial charge is 0.522 e. The van der Waals surface area contributed by atoms with Gasteiger partial charge >= 0.3 is 18.4 Å². The van der Waals surface area contributed by atoms with Crippen molar-refractivity contribution in [2.45, 2.75) is 13.0 Å². The van der Waals surface area contributed by atoms with Gasteiger partial charge in [-0.05, 0) is 30.3 Å². The first-order valence-electron chi connectivity index (χ1n) is 7.35. The molecule has 0 spiro atoms. The van der Waals surface area contributed by atoms with Crippen LogP contribution in [-0.4, -0.2) is 28.5 Å². The van der Waals surface area contributed by atoms with Gasteiger partial charge in [0.25, 0.3) is 5.69 Å². The number of carbonyl (C=O) groups excluding carboxylic acids is 1. The van der Waals surface area contributed by atoms with Crippen LogP contribution in [0.4, 0.5) is 29.3 Å². The van der Waals surface area contributed by atoms with Crippen LogP contribution < -0.4 is 10.1 Å². The highest BCUT2D eigenvalue weighted by molar-refractivity contribution is 5.91. The fraction of sp³-hybridized carbons (Fsp3) is 0.125. The summed E-state index contributed by atoms with van der Waals surface area (Å²) in [5, 5.41) is 21.7. The molecular formula is C16H11F3N2O7. The normalized spacial score (nSPS) is 11.0. The highest BCUT2D eigenvalue weighted by Gasteiger charge is 2.29. The summed E-state index contributed by atoms with van der Waals surface area (Å²) < 4.78 is 45.4. The summed E-state index contributed by atoms with van der Waals surface area (Å²) in [5.41, 5.74) is -0.960. The number of amides is 1. The third kappa shape index (κ3) is 5.95. The molecule has 2 aromatic rings. The van der Waals surface area contributed by atoms with Gasteiger partial charge in [-0.15, -0.1) is 13.2 Å². The number of nitrogens with zero attached hydrogens (tertiary/aromatic N) is 1. The zero-order valence-electron chi connectivity index (χ0n) is 13.7. The van der Waals surface area contributed by atoms with Crippen LogP contribution in [0.1, 0.15) is 15.9 Å². The monoisotopic (exact) mass is 400 g/mol. The van der Waals surface area contributed by atoms with E-state index in [0.717, 1.165) is 42.5 Å². The van der Waals surface area contributed by atoms with Gasteiger partial charge in [-0.1, -0.05) is 0 Å². The van der Waals surface area contributed by atoms with Gasteiger partial charge in [-0.25, -0.2) is 9.59 Å². The van der Waals surface area contributed by atoms with Gasteiger partial charge in [-0.2, -0.15) is 0 Å². The zero-order valence-corrected chi connectivity index (χ0v) is 13.7. The lowest BCUT2D eigenvalue weighted by Gasteiger charge is -2.13. The Hall–Kier alpha value is -3.67. The van der Waals surface area contributed by atoms with E-state index in [2.05, 4.69) is 10.1 Å². The van der Waals surface area contributed by atoms with Crippen molar-refractivity contribution in [3.8, 4) is 5.75 Å². The molecule has 9 nitrogen and oxygen atoms in total. The van der Waals surface area contributed by atoms with Gasteiger partial charge in [0.1, 0.15) is 5.75 Å². The molecule has 0 heterocycles. The summed E-state index contributed by atoms with van der Waals surface area (Å²) in [7, 11) is 0. The number of benzene rings is 2. The van der Waals surface area contributed by atoms with Crippen LogP contribution in [0.15, 0.2) is 42.5 Å². The minimum atomic E-state index is -4.96. The topological polar surface area (TPSA) is 128 Å². The minimum Gasteiger partial charge on any atom is -0.478 e. The van der Waals surface area contributed by atoms with E-state index in [4.69, 9.17) is 9.84 Å². The molecule has 0 bridgehead atoms. The average molecular weight is 400 g/mol. The van der Waals surface area contributed by atoms with Crippen molar-refractivity contribution < 1.29 is 42.3 Å². The number of nitro benzene ring substituents is 1. The molecule has 0 saturated heterocycles. The number of halogens is 3. The minimum absolute atomic E-state index is 0.0571. The lowest BCUT2D eigenvalue weighted by atomic mass is 10.1. The quantitative estimate of drug-likeness (QED) is 0.555. The van der Waals surface area contributed by atoms with E-state index >= 15 is 0 Å². The number of nitrogens with one attached hydrogen (secondary N) is 1. The summed E-state index contributed by atoms with van der Waals surface area (Å²) in [4.78, 5) is 32.8. The van der Waals surface area contributed by atoms with Gasteiger partial charge < -0.3 is 9.84 Å². The second-order valence-corrected chi connectivity index (χ2v) is 5.18. The molecular weight excluding hydrogens is 389 g/mol. The predicted molar refractivity (Wildman–Crippen MR) is 87.0 cm³/mol. The van der Waals surface area contributed by atoms with Crippen LogP contribution in [0.2, 0.25) is 0 Å². The number of carbonyl (C=O) groups is 2. The van der Waals surface area contributed by atoms with E-state index in [-0.39, 0.29) is 28.3 Å². The first-order chi connectivity index (χ1) is 13.0. The van der Waals surface area contributed by atoms with Crippen LogP contribution in [0, 0.1) is 10.1 Å². The van der Waals surface area contributed by atoms with Crippen molar-refractivity contribution in [3.05, 3.63) is 63.7 Å². The van der Waals surface area contributed by atoms with E-state index < -0.39 is 30.0 Å². The molecule has 2 rings (SSSR count). The molecule has 28 heavy (non-hydrogen) atoms. The maximum atomic E-state index is 12.3. The molecule has 0 unspecified atom stereocenters. The highest BCUT2D eigenvalue weighted by atomic mass is 19.4. The van der Waals surface area contributed by atoms with Crippen LogP contribution >= 0.6 is 0 Å². The first-order valence-corrected chi connectivity index (χ1v) is 7.35. The summed E-state index contributed by atoms with van der Waals surface area (Å²) in [5.74, 6) is -1.44. The molecule has 2 N–H and O–H groups in total. The lowest BCUT2D eigenvalue weighted by molar-refractivity contribution is -0.384. The Morgan fingerprint density at radius 3 is 2.32 bits per heavy atom. The maximum Gasteiger partial charge on any atom is 0.522 e. The molecule has 1 amide bonds. The number of carboxylic acid groups (broad SMARTS) is 1. The van der Waals surface area contributed by atoms with E-state index in [1.54, 1.807) is 0 Å². The fourth-order valence-electron chi connectivity index (χ4n) is 2.01. The number of hydrogen-bond acceptors (Lipinski definition) is 6. The maximum absolute atomic E-state index is 12.3. The average Bonchev–Trinajstić information content (AvgIpc) is 2.60. The van der Waals surface area contributed by atoms with Crippen LogP contribution in [0.5, 0.6) is 5.75 Å². The van der Waals surface area contributed by atoms with Crippen LogP contribution in [-0.2, 0) is 11.3 Å². The lowest BCUT2D eigenvalue weighted by Crippen LogP contribution is -2.19. The van der Waals surface area contributed by atoms with Gasteiger partial charge in [0, 0.05) is 23.4 Å². The fourth-order valence-corrected chi connectivity index (χ4v) is 2.01. The number of carboxylic acids is 1. The predicted octanol–water partition coefficient (Wildman–Crippen LogP) is 3.94. The number of rotatable bonds is 6. The molecule has 0 atom stereocenters. The Morgan fingerprint density at radius 2 is 1.79 bits per heavy atom.